The molecule has 0 unspecified atom stereocenters. The highest BCUT2D eigenvalue weighted by Gasteiger charge is 2.39. The first-order chi connectivity index (χ1) is 8.99. The molecule has 7 heteroatoms. The molecular formula is C12H15F3N4. The molecule has 0 spiro atoms. The number of benzene rings is 1. The van der Waals surface area contributed by atoms with Gasteiger partial charge in [-0.05, 0) is 25.0 Å². The molecule has 0 radical (unpaired) electrons. The molecule has 1 aromatic rings. The van der Waals surface area contributed by atoms with Crippen molar-refractivity contribution in [3.05, 3.63) is 30.3 Å². The van der Waals surface area contributed by atoms with Crippen molar-refractivity contribution in [3.63, 3.8) is 0 Å². The third kappa shape index (κ3) is 4.13. The van der Waals surface area contributed by atoms with Crippen LogP contribution in [0.4, 0.5) is 18.9 Å². The van der Waals surface area contributed by atoms with E-state index < -0.39 is 12.7 Å². The minimum atomic E-state index is -4.28. The molecule has 0 bridgehead atoms. The molecule has 1 fully saturated rings. The van der Waals surface area contributed by atoms with Crippen LogP contribution in [-0.4, -0.2) is 29.6 Å². The van der Waals surface area contributed by atoms with Crippen molar-refractivity contribution >= 4 is 11.6 Å². The lowest BCUT2D eigenvalue weighted by atomic mass is 10.3. The number of halogens is 3. The van der Waals surface area contributed by atoms with Gasteiger partial charge in [0.2, 0.25) is 5.96 Å². The van der Waals surface area contributed by atoms with Crippen LogP contribution in [0.3, 0.4) is 0 Å². The number of aliphatic imine (C=N–C) groups is 1. The van der Waals surface area contributed by atoms with E-state index in [1.54, 1.807) is 24.3 Å². The Balaban J connectivity index is 2.20. The molecule has 1 aliphatic carbocycles. The van der Waals surface area contributed by atoms with Crippen LogP contribution >= 0.6 is 0 Å². The summed E-state index contributed by atoms with van der Waals surface area (Å²) in [6, 6.07) is 8.60. The van der Waals surface area contributed by atoms with Gasteiger partial charge in [0.15, 0.2) is 0 Å². The summed E-state index contributed by atoms with van der Waals surface area (Å²) in [4.78, 5) is 5.30. The van der Waals surface area contributed by atoms with Gasteiger partial charge in [0.25, 0.3) is 0 Å². The van der Waals surface area contributed by atoms with Crippen LogP contribution in [0, 0.1) is 0 Å². The largest absolute Gasteiger partial charge is 0.406 e. The van der Waals surface area contributed by atoms with E-state index in [4.69, 9.17) is 5.84 Å². The van der Waals surface area contributed by atoms with Crippen molar-refractivity contribution < 1.29 is 13.2 Å². The summed E-state index contributed by atoms with van der Waals surface area (Å²) < 4.78 is 37.7. The fourth-order valence-electron chi connectivity index (χ4n) is 1.76. The highest BCUT2D eigenvalue weighted by Crippen LogP contribution is 2.30. The smallest absolute Gasteiger partial charge is 0.330 e. The number of nitrogens with one attached hydrogen (secondary N) is 1. The average molecular weight is 272 g/mol. The number of rotatable bonds is 3. The van der Waals surface area contributed by atoms with Crippen molar-refractivity contribution in [1.29, 1.82) is 0 Å². The second-order valence-electron chi connectivity index (χ2n) is 4.39. The molecule has 1 saturated carbocycles. The van der Waals surface area contributed by atoms with E-state index in [0.29, 0.717) is 5.69 Å². The van der Waals surface area contributed by atoms with Crippen molar-refractivity contribution in [2.45, 2.75) is 25.1 Å². The Kier molecular flexibility index (Phi) is 3.94. The molecule has 104 valence electrons. The van der Waals surface area contributed by atoms with Crippen LogP contribution in [-0.2, 0) is 0 Å². The van der Waals surface area contributed by atoms with Gasteiger partial charge in [0.05, 0.1) is 5.69 Å². The van der Waals surface area contributed by atoms with Gasteiger partial charge in [-0.3, -0.25) is 5.43 Å². The summed E-state index contributed by atoms with van der Waals surface area (Å²) in [7, 11) is 0. The lowest BCUT2D eigenvalue weighted by Crippen LogP contribution is -2.49. The van der Waals surface area contributed by atoms with Crippen LogP contribution in [0.2, 0.25) is 0 Å². The Hall–Kier alpha value is -1.76. The van der Waals surface area contributed by atoms with E-state index in [1.807, 2.05) is 6.07 Å². The molecule has 0 aliphatic heterocycles. The molecule has 1 aromatic carbocycles. The summed E-state index contributed by atoms with van der Waals surface area (Å²) in [5, 5.41) is 0. The highest BCUT2D eigenvalue weighted by atomic mass is 19.4. The molecule has 1 aliphatic rings. The van der Waals surface area contributed by atoms with Crippen LogP contribution in [0.1, 0.15) is 12.8 Å². The Morgan fingerprint density at radius 3 is 2.42 bits per heavy atom. The van der Waals surface area contributed by atoms with E-state index in [1.165, 1.54) is 4.90 Å². The number of nitrogens with zero attached hydrogens (tertiary/aromatic N) is 2. The predicted molar refractivity (Wildman–Crippen MR) is 66.6 cm³/mol. The van der Waals surface area contributed by atoms with Crippen molar-refractivity contribution in [3.8, 4) is 0 Å². The van der Waals surface area contributed by atoms with Crippen molar-refractivity contribution in [1.82, 2.24) is 10.3 Å². The summed E-state index contributed by atoms with van der Waals surface area (Å²) in [5.41, 5.74) is 2.83. The summed E-state index contributed by atoms with van der Waals surface area (Å²) >= 11 is 0. The fourth-order valence-corrected chi connectivity index (χ4v) is 1.76. The molecule has 4 nitrogen and oxygen atoms in total. The van der Waals surface area contributed by atoms with Gasteiger partial charge in [0.1, 0.15) is 6.54 Å². The molecule has 19 heavy (non-hydrogen) atoms. The Bertz CT molecular complexity index is 440. The van der Waals surface area contributed by atoms with Crippen LogP contribution in [0.25, 0.3) is 0 Å². The minimum Gasteiger partial charge on any atom is -0.330 e. The monoisotopic (exact) mass is 272 g/mol. The van der Waals surface area contributed by atoms with Gasteiger partial charge in [0, 0.05) is 6.04 Å². The zero-order valence-corrected chi connectivity index (χ0v) is 10.2. The number of hydrogen-bond acceptors (Lipinski definition) is 2. The molecule has 0 aromatic heterocycles. The zero-order chi connectivity index (χ0) is 13.9. The van der Waals surface area contributed by atoms with E-state index in [0.717, 1.165) is 12.8 Å². The third-order valence-corrected chi connectivity index (χ3v) is 2.73. The topological polar surface area (TPSA) is 53.6 Å². The first-order valence-electron chi connectivity index (χ1n) is 5.93. The highest BCUT2D eigenvalue weighted by molar-refractivity contribution is 5.82. The van der Waals surface area contributed by atoms with Gasteiger partial charge >= 0.3 is 6.18 Å². The quantitative estimate of drug-likeness (QED) is 0.384. The van der Waals surface area contributed by atoms with E-state index in [9.17, 15) is 13.2 Å². The number of guanidine groups is 1. The second-order valence-corrected chi connectivity index (χ2v) is 4.39. The Labute approximate surface area is 109 Å². The molecular weight excluding hydrogens is 257 g/mol. The fraction of sp³-hybridized carbons (Fsp3) is 0.417. The van der Waals surface area contributed by atoms with Gasteiger partial charge in [-0.15, -0.1) is 0 Å². The zero-order valence-electron chi connectivity index (χ0n) is 10.2. The number of hydrogen-bond donors (Lipinski definition) is 2. The molecule has 0 saturated heterocycles. The SMILES string of the molecule is NNC(=Nc1ccccc1)N(CC(F)(F)F)C1CC1. The number of alkyl halides is 3. The standard InChI is InChI=1S/C12H15F3N4/c13-12(14,15)8-19(10-6-7-10)11(18-16)17-9-4-2-1-3-5-9/h1-5,10H,6-8,16H2,(H,17,18). The van der Waals surface area contributed by atoms with Crippen LogP contribution in [0.15, 0.2) is 35.3 Å². The normalized spacial score (nSPS) is 16.3. The first-order valence-corrected chi connectivity index (χ1v) is 5.93. The lowest BCUT2D eigenvalue weighted by molar-refractivity contribution is -0.139. The van der Waals surface area contributed by atoms with Gasteiger partial charge in [-0.25, -0.2) is 10.8 Å². The molecule has 0 atom stereocenters. The maximum atomic E-state index is 12.6. The second kappa shape index (κ2) is 5.48. The number of nitrogens with two attached hydrogens (primary N) is 1. The lowest BCUT2D eigenvalue weighted by Gasteiger charge is -2.26. The predicted octanol–water partition coefficient (Wildman–Crippen LogP) is 2.16. The third-order valence-electron chi connectivity index (χ3n) is 2.73. The Morgan fingerprint density at radius 1 is 1.32 bits per heavy atom. The van der Waals surface area contributed by atoms with E-state index in [2.05, 4.69) is 10.4 Å². The first kappa shape index (κ1) is 13.7. The van der Waals surface area contributed by atoms with Crippen LogP contribution in [0.5, 0.6) is 0 Å². The number of para-hydroxylation sites is 1. The Morgan fingerprint density at radius 2 is 1.95 bits per heavy atom. The van der Waals surface area contributed by atoms with Crippen molar-refractivity contribution in [2.24, 2.45) is 10.8 Å². The van der Waals surface area contributed by atoms with E-state index in [-0.39, 0.29) is 12.0 Å². The molecule has 3 N–H and O–H groups in total. The molecule has 0 heterocycles. The molecule has 0 amide bonds. The maximum Gasteiger partial charge on any atom is 0.406 e. The maximum absolute atomic E-state index is 12.6. The van der Waals surface area contributed by atoms with Gasteiger partial charge in [-0.2, -0.15) is 13.2 Å². The molecule has 2 rings (SSSR count). The van der Waals surface area contributed by atoms with Gasteiger partial charge < -0.3 is 4.90 Å². The van der Waals surface area contributed by atoms with E-state index >= 15 is 0 Å². The minimum absolute atomic E-state index is 0.0472. The summed E-state index contributed by atoms with van der Waals surface area (Å²) in [6.07, 6.45) is -2.83. The van der Waals surface area contributed by atoms with Crippen molar-refractivity contribution in [2.75, 3.05) is 6.54 Å². The average Bonchev–Trinajstić information content (AvgIpc) is 3.18. The van der Waals surface area contributed by atoms with Gasteiger partial charge in [-0.1, -0.05) is 18.2 Å². The summed E-state index contributed by atoms with van der Waals surface area (Å²) in [5.74, 6) is 5.36. The van der Waals surface area contributed by atoms with Crippen LogP contribution < -0.4 is 11.3 Å². The number of hydrazine groups is 1. The summed E-state index contributed by atoms with van der Waals surface area (Å²) in [6.45, 7) is -1.05.